The molecule has 1 N–H and O–H groups in total. The molecule has 0 bridgehead atoms. The molecule has 138 valence electrons. The van der Waals surface area contributed by atoms with E-state index >= 15 is 0 Å². The maximum Gasteiger partial charge on any atom is 0.132 e. The third-order valence-electron chi connectivity index (χ3n) is 4.48. The lowest BCUT2D eigenvalue weighted by Gasteiger charge is -2.15. The largest absolute Gasteiger partial charge is 0.354 e. The van der Waals surface area contributed by atoms with Crippen molar-refractivity contribution in [3.05, 3.63) is 90.0 Å². The van der Waals surface area contributed by atoms with E-state index < -0.39 is 0 Å². The summed E-state index contributed by atoms with van der Waals surface area (Å²) < 4.78 is 14.3. The van der Waals surface area contributed by atoms with Crippen LogP contribution in [0.4, 0.5) is 15.8 Å². The molecule has 3 nitrogen and oxygen atoms in total. The van der Waals surface area contributed by atoms with Gasteiger partial charge in [-0.3, -0.25) is 9.97 Å². The van der Waals surface area contributed by atoms with Gasteiger partial charge in [0.1, 0.15) is 5.82 Å². The van der Waals surface area contributed by atoms with E-state index in [1.54, 1.807) is 18.5 Å². The van der Waals surface area contributed by atoms with Crippen LogP contribution in [0.1, 0.15) is 12.5 Å². The van der Waals surface area contributed by atoms with Gasteiger partial charge in [-0.1, -0.05) is 24.2 Å². The first-order valence-corrected chi connectivity index (χ1v) is 9.13. The van der Waals surface area contributed by atoms with Gasteiger partial charge >= 0.3 is 0 Å². The van der Waals surface area contributed by atoms with E-state index in [0.29, 0.717) is 16.3 Å². The second-order valence-electron chi connectivity index (χ2n) is 6.52. The molecule has 0 aliphatic rings. The molecule has 0 fully saturated rings. The number of halogens is 2. The summed E-state index contributed by atoms with van der Waals surface area (Å²) in [4.78, 5) is 8.82. The third kappa shape index (κ3) is 3.47. The first-order chi connectivity index (χ1) is 13.5. The average Bonchev–Trinajstić information content (AvgIpc) is 2.70. The molecule has 0 spiro atoms. The summed E-state index contributed by atoms with van der Waals surface area (Å²) in [6.45, 7) is 5.95. The van der Waals surface area contributed by atoms with Crippen LogP contribution >= 0.6 is 11.6 Å². The Morgan fingerprint density at radius 2 is 1.89 bits per heavy atom. The summed E-state index contributed by atoms with van der Waals surface area (Å²) >= 11 is 6.05. The fourth-order valence-corrected chi connectivity index (χ4v) is 3.27. The van der Waals surface area contributed by atoms with Crippen LogP contribution in [0.15, 0.2) is 73.6 Å². The summed E-state index contributed by atoms with van der Waals surface area (Å²) in [5.74, 6) is -0.375. The van der Waals surface area contributed by atoms with Crippen molar-refractivity contribution in [3.63, 3.8) is 0 Å². The molecule has 0 radical (unpaired) electrons. The van der Waals surface area contributed by atoms with Crippen molar-refractivity contribution in [1.29, 1.82) is 0 Å². The predicted octanol–water partition coefficient (Wildman–Crippen LogP) is 6.87. The Morgan fingerprint density at radius 3 is 2.71 bits per heavy atom. The molecule has 4 aromatic rings. The smallest absolute Gasteiger partial charge is 0.132 e. The lowest BCUT2D eigenvalue weighted by molar-refractivity contribution is 0.631. The van der Waals surface area contributed by atoms with Crippen molar-refractivity contribution >= 4 is 39.5 Å². The highest BCUT2D eigenvalue weighted by Crippen LogP contribution is 2.33. The molecule has 0 saturated heterocycles. The molecule has 5 heteroatoms. The van der Waals surface area contributed by atoms with Crippen LogP contribution in [0.2, 0.25) is 5.02 Å². The normalized spacial score (nSPS) is 10.8. The molecule has 0 saturated carbocycles. The maximum absolute atomic E-state index is 14.3. The molecule has 2 aromatic heterocycles. The van der Waals surface area contributed by atoms with E-state index in [-0.39, 0.29) is 5.82 Å². The number of hydrogen-bond donors (Lipinski definition) is 1. The van der Waals surface area contributed by atoms with Crippen LogP contribution in [-0.2, 0) is 0 Å². The summed E-state index contributed by atoms with van der Waals surface area (Å²) in [5.41, 5.74) is 5.12. The number of benzene rings is 2. The highest BCUT2D eigenvalue weighted by atomic mass is 35.5. The van der Waals surface area contributed by atoms with Gasteiger partial charge in [0.15, 0.2) is 0 Å². The molecule has 4 rings (SSSR count). The number of anilines is 2. The zero-order chi connectivity index (χ0) is 19.7. The molecule has 2 aromatic carbocycles. The fourth-order valence-electron chi connectivity index (χ4n) is 3.10. The van der Waals surface area contributed by atoms with Crippen LogP contribution in [0.5, 0.6) is 0 Å². The monoisotopic (exact) mass is 389 g/mol. The Balaban J connectivity index is 1.85. The summed E-state index contributed by atoms with van der Waals surface area (Å²) in [5, 5.41) is 4.89. The van der Waals surface area contributed by atoms with E-state index in [9.17, 15) is 4.39 Å². The minimum absolute atomic E-state index is 0.350. The lowest BCUT2D eigenvalue weighted by atomic mass is 10.0. The first-order valence-electron chi connectivity index (χ1n) is 8.75. The number of rotatable bonds is 4. The molecule has 0 aliphatic carbocycles. The first kappa shape index (κ1) is 18.1. The average molecular weight is 390 g/mol. The SMILES string of the molecule is C=C(C)c1cnc(-c2cc(Cl)ccc2F)cc1Nc1cccc2ncccc12. The van der Waals surface area contributed by atoms with Gasteiger partial charge in [0, 0.05) is 45.3 Å². The van der Waals surface area contributed by atoms with Crippen LogP contribution in [0.25, 0.3) is 27.7 Å². The van der Waals surface area contributed by atoms with E-state index in [1.165, 1.54) is 12.1 Å². The highest BCUT2D eigenvalue weighted by molar-refractivity contribution is 6.30. The predicted molar refractivity (Wildman–Crippen MR) is 114 cm³/mol. The van der Waals surface area contributed by atoms with E-state index in [1.807, 2.05) is 43.3 Å². The van der Waals surface area contributed by atoms with Crippen molar-refractivity contribution in [2.75, 3.05) is 5.32 Å². The number of nitrogens with zero attached hydrogens (tertiary/aromatic N) is 2. The zero-order valence-corrected chi connectivity index (χ0v) is 16.0. The van der Waals surface area contributed by atoms with Gasteiger partial charge in [-0.05, 0) is 61.0 Å². The van der Waals surface area contributed by atoms with E-state index in [0.717, 1.165) is 33.4 Å². The van der Waals surface area contributed by atoms with Crippen molar-refractivity contribution in [2.24, 2.45) is 0 Å². The Labute approximate surface area is 167 Å². The molecular formula is C23H17ClFN3. The highest BCUT2D eigenvalue weighted by Gasteiger charge is 2.13. The van der Waals surface area contributed by atoms with Crippen molar-refractivity contribution in [3.8, 4) is 11.3 Å². The second kappa shape index (κ2) is 7.41. The van der Waals surface area contributed by atoms with Gasteiger partial charge in [-0.15, -0.1) is 0 Å². The number of pyridine rings is 2. The van der Waals surface area contributed by atoms with Gasteiger partial charge in [0.05, 0.1) is 11.2 Å². The number of nitrogens with one attached hydrogen (secondary N) is 1. The molecule has 0 unspecified atom stereocenters. The van der Waals surface area contributed by atoms with Gasteiger partial charge in [-0.25, -0.2) is 4.39 Å². The van der Waals surface area contributed by atoms with Gasteiger partial charge < -0.3 is 5.32 Å². The van der Waals surface area contributed by atoms with Crippen molar-refractivity contribution < 1.29 is 4.39 Å². The van der Waals surface area contributed by atoms with Crippen LogP contribution in [-0.4, -0.2) is 9.97 Å². The summed E-state index contributed by atoms with van der Waals surface area (Å²) in [6.07, 6.45) is 3.46. The Kier molecular flexibility index (Phi) is 4.80. The number of aromatic nitrogens is 2. The zero-order valence-electron chi connectivity index (χ0n) is 15.2. The van der Waals surface area contributed by atoms with Crippen molar-refractivity contribution in [2.45, 2.75) is 6.92 Å². The van der Waals surface area contributed by atoms with Gasteiger partial charge in [-0.2, -0.15) is 0 Å². The van der Waals surface area contributed by atoms with Gasteiger partial charge in [0.25, 0.3) is 0 Å². The molecule has 0 amide bonds. The Morgan fingerprint density at radius 1 is 1.04 bits per heavy atom. The topological polar surface area (TPSA) is 37.8 Å². The summed E-state index contributed by atoms with van der Waals surface area (Å²) in [7, 11) is 0. The van der Waals surface area contributed by atoms with Crippen LogP contribution < -0.4 is 5.32 Å². The maximum atomic E-state index is 14.3. The number of hydrogen-bond acceptors (Lipinski definition) is 3. The van der Waals surface area contributed by atoms with Crippen molar-refractivity contribution in [1.82, 2.24) is 9.97 Å². The Hall–Kier alpha value is -3.24. The van der Waals surface area contributed by atoms with E-state index in [2.05, 4.69) is 21.9 Å². The fraction of sp³-hybridized carbons (Fsp3) is 0.0435. The van der Waals surface area contributed by atoms with Crippen LogP contribution in [0.3, 0.4) is 0 Å². The Bertz CT molecular complexity index is 1200. The molecular weight excluding hydrogens is 373 g/mol. The summed E-state index contributed by atoms with van der Waals surface area (Å²) in [6, 6.07) is 16.0. The minimum Gasteiger partial charge on any atom is -0.354 e. The molecule has 28 heavy (non-hydrogen) atoms. The minimum atomic E-state index is -0.375. The second-order valence-corrected chi connectivity index (χ2v) is 6.96. The number of fused-ring (bicyclic) bond motifs is 1. The third-order valence-corrected chi connectivity index (χ3v) is 4.72. The standard InChI is InChI=1S/C23H17ClFN3/c1-14(2)18-13-27-22(17-11-15(24)8-9-19(17)25)12-23(18)28-21-7-3-6-20-16(21)5-4-10-26-20/h3-13H,1H2,2H3,(H,27,28). The molecule has 0 atom stereocenters. The molecule has 0 aliphatic heterocycles. The van der Waals surface area contributed by atoms with Gasteiger partial charge in [0.2, 0.25) is 0 Å². The quantitative estimate of drug-likeness (QED) is 0.414. The lowest BCUT2D eigenvalue weighted by Crippen LogP contribution is -1.99. The molecule has 2 heterocycles. The number of allylic oxidation sites excluding steroid dienone is 1. The van der Waals surface area contributed by atoms with E-state index in [4.69, 9.17) is 11.6 Å². The van der Waals surface area contributed by atoms with Crippen LogP contribution in [0, 0.1) is 5.82 Å².